The molecular formula is C14H24O2. The third kappa shape index (κ3) is 2.17. The zero-order chi connectivity index (χ0) is 12.0. The molecule has 0 aromatic carbocycles. The van der Waals surface area contributed by atoms with Gasteiger partial charge >= 0.3 is 0 Å². The Kier molecular flexibility index (Phi) is 2.90. The zero-order valence-electron chi connectivity index (χ0n) is 11.0. The van der Waals surface area contributed by atoms with Crippen LogP contribution in [0.4, 0.5) is 0 Å². The van der Waals surface area contributed by atoms with Crippen molar-refractivity contribution >= 4 is 5.78 Å². The van der Waals surface area contributed by atoms with Gasteiger partial charge in [-0.1, -0.05) is 6.92 Å². The molecule has 2 saturated carbocycles. The van der Waals surface area contributed by atoms with Gasteiger partial charge in [0.2, 0.25) is 0 Å². The van der Waals surface area contributed by atoms with Gasteiger partial charge in [-0.2, -0.15) is 0 Å². The quantitative estimate of drug-likeness (QED) is 0.683. The van der Waals surface area contributed by atoms with Gasteiger partial charge in [-0.25, -0.2) is 0 Å². The Bertz CT molecular complexity index is 290. The van der Waals surface area contributed by atoms with E-state index in [4.69, 9.17) is 4.74 Å². The predicted octanol–water partition coefficient (Wildman–Crippen LogP) is 3.34. The van der Waals surface area contributed by atoms with Gasteiger partial charge in [-0.3, -0.25) is 4.79 Å². The van der Waals surface area contributed by atoms with E-state index in [-0.39, 0.29) is 11.0 Å². The van der Waals surface area contributed by atoms with Gasteiger partial charge in [0.05, 0.1) is 11.7 Å². The van der Waals surface area contributed by atoms with E-state index in [9.17, 15) is 4.79 Å². The Labute approximate surface area is 98.7 Å². The summed E-state index contributed by atoms with van der Waals surface area (Å²) in [6.45, 7) is 8.69. The van der Waals surface area contributed by atoms with Crippen molar-refractivity contribution in [2.75, 3.05) is 0 Å². The molecule has 2 fully saturated rings. The maximum absolute atomic E-state index is 11.5. The standard InChI is InChI=1S/C14H24O2/c1-13(2,3)16-12-6-5-10-9-11(15)7-8-14(10,12)4/h10,12H,5-9H2,1-4H3/t10-,12-,14-/m0/s1. The first-order valence-corrected chi connectivity index (χ1v) is 6.51. The lowest BCUT2D eigenvalue weighted by molar-refractivity contribution is -0.135. The summed E-state index contributed by atoms with van der Waals surface area (Å²) in [5.74, 6) is 1.03. The lowest BCUT2D eigenvalue weighted by Crippen LogP contribution is -2.42. The van der Waals surface area contributed by atoms with Gasteiger partial charge in [-0.05, 0) is 51.4 Å². The second kappa shape index (κ2) is 3.83. The van der Waals surface area contributed by atoms with Crippen LogP contribution in [0.5, 0.6) is 0 Å². The van der Waals surface area contributed by atoms with Gasteiger partial charge in [0, 0.05) is 12.8 Å². The first kappa shape index (κ1) is 12.1. The van der Waals surface area contributed by atoms with Gasteiger partial charge in [0.25, 0.3) is 0 Å². The highest BCUT2D eigenvalue weighted by Gasteiger charge is 2.50. The fourth-order valence-corrected chi connectivity index (χ4v) is 3.38. The molecule has 2 rings (SSSR count). The van der Waals surface area contributed by atoms with Crippen LogP contribution >= 0.6 is 0 Å². The molecule has 0 heterocycles. The van der Waals surface area contributed by atoms with Crippen LogP contribution in [0.3, 0.4) is 0 Å². The van der Waals surface area contributed by atoms with Crippen LogP contribution in [0, 0.1) is 11.3 Å². The Morgan fingerprint density at radius 2 is 2.00 bits per heavy atom. The topological polar surface area (TPSA) is 26.3 Å². The molecule has 0 unspecified atom stereocenters. The molecule has 92 valence electrons. The Morgan fingerprint density at radius 1 is 1.31 bits per heavy atom. The van der Waals surface area contributed by atoms with Crippen molar-refractivity contribution in [3.8, 4) is 0 Å². The molecule has 2 heteroatoms. The average Bonchev–Trinajstić information content (AvgIpc) is 2.43. The van der Waals surface area contributed by atoms with Crippen LogP contribution in [-0.4, -0.2) is 17.5 Å². The van der Waals surface area contributed by atoms with Gasteiger partial charge < -0.3 is 4.74 Å². The van der Waals surface area contributed by atoms with Crippen molar-refractivity contribution in [2.45, 2.75) is 71.5 Å². The van der Waals surface area contributed by atoms with E-state index in [1.165, 1.54) is 6.42 Å². The molecule has 3 atom stereocenters. The fourth-order valence-electron chi connectivity index (χ4n) is 3.38. The monoisotopic (exact) mass is 224 g/mol. The normalized spacial score (nSPS) is 39.9. The van der Waals surface area contributed by atoms with E-state index in [0.29, 0.717) is 17.8 Å². The fraction of sp³-hybridized carbons (Fsp3) is 0.929. The summed E-state index contributed by atoms with van der Waals surface area (Å²) in [5.41, 5.74) is 0.186. The summed E-state index contributed by atoms with van der Waals surface area (Å²) in [5, 5.41) is 0. The molecule has 0 amide bonds. The number of fused-ring (bicyclic) bond motifs is 1. The number of ether oxygens (including phenoxy) is 1. The molecule has 0 aromatic heterocycles. The smallest absolute Gasteiger partial charge is 0.133 e. The van der Waals surface area contributed by atoms with Crippen LogP contribution in [0.25, 0.3) is 0 Å². The molecule has 0 N–H and O–H groups in total. The van der Waals surface area contributed by atoms with Crippen molar-refractivity contribution in [3.63, 3.8) is 0 Å². The SMILES string of the molecule is CC(C)(C)O[C@H]1CC[C@H]2CC(=O)CC[C@@]21C. The number of hydrogen-bond acceptors (Lipinski definition) is 2. The number of hydrogen-bond donors (Lipinski definition) is 0. The third-order valence-electron chi connectivity index (χ3n) is 4.36. The van der Waals surface area contributed by atoms with E-state index in [2.05, 4.69) is 27.7 Å². The first-order chi connectivity index (χ1) is 7.31. The van der Waals surface area contributed by atoms with Crippen molar-refractivity contribution in [3.05, 3.63) is 0 Å². The Hall–Kier alpha value is -0.370. The van der Waals surface area contributed by atoms with Gasteiger partial charge in [0.15, 0.2) is 0 Å². The minimum Gasteiger partial charge on any atom is -0.372 e. The van der Waals surface area contributed by atoms with Gasteiger partial charge in [0.1, 0.15) is 5.78 Å². The van der Waals surface area contributed by atoms with Crippen molar-refractivity contribution < 1.29 is 9.53 Å². The Morgan fingerprint density at radius 3 is 2.62 bits per heavy atom. The van der Waals surface area contributed by atoms with E-state index >= 15 is 0 Å². The number of carbonyl (C=O) groups excluding carboxylic acids is 1. The maximum atomic E-state index is 11.5. The molecular weight excluding hydrogens is 200 g/mol. The second-order valence-corrected chi connectivity index (χ2v) is 6.74. The average molecular weight is 224 g/mol. The lowest BCUT2D eigenvalue weighted by atomic mass is 9.68. The summed E-state index contributed by atoms with van der Waals surface area (Å²) in [6.07, 6.45) is 5.23. The molecule has 0 aromatic rings. The van der Waals surface area contributed by atoms with Crippen LogP contribution in [0.15, 0.2) is 0 Å². The lowest BCUT2D eigenvalue weighted by Gasteiger charge is -2.42. The molecule has 0 saturated heterocycles. The van der Waals surface area contributed by atoms with Crippen LogP contribution in [0.2, 0.25) is 0 Å². The van der Waals surface area contributed by atoms with E-state index < -0.39 is 0 Å². The first-order valence-electron chi connectivity index (χ1n) is 6.51. The molecule has 2 aliphatic rings. The molecule has 0 radical (unpaired) electrons. The minimum atomic E-state index is -0.0655. The number of rotatable bonds is 1. The number of carbonyl (C=O) groups is 1. The molecule has 2 aliphatic carbocycles. The molecule has 0 bridgehead atoms. The van der Waals surface area contributed by atoms with E-state index in [1.54, 1.807) is 0 Å². The highest BCUT2D eigenvalue weighted by atomic mass is 16.5. The summed E-state index contributed by atoms with van der Waals surface area (Å²) in [7, 11) is 0. The van der Waals surface area contributed by atoms with Crippen LogP contribution in [0.1, 0.15) is 59.8 Å². The summed E-state index contributed by atoms with van der Waals surface area (Å²) < 4.78 is 6.20. The highest BCUT2D eigenvalue weighted by Crippen LogP contribution is 2.53. The summed E-state index contributed by atoms with van der Waals surface area (Å²) in [4.78, 5) is 11.5. The number of ketones is 1. The maximum Gasteiger partial charge on any atom is 0.133 e. The van der Waals surface area contributed by atoms with E-state index in [1.807, 2.05) is 0 Å². The molecule has 0 aliphatic heterocycles. The molecule has 0 spiro atoms. The predicted molar refractivity (Wildman–Crippen MR) is 64.3 cm³/mol. The Balaban J connectivity index is 2.10. The summed E-state index contributed by atoms with van der Waals surface area (Å²) in [6, 6.07) is 0. The van der Waals surface area contributed by atoms with Crippen molar-refractivity contribution in [1.29, 1.82) is 0 Å². The zero-order valence-corrected chi connectivity index (χ0v) is 11.0. The number of Topliss-reactive ketones (excluding diaryl/α,β-unsaturated/α-hetero) is 1. The largest absolute Gasteiger partial charge is 0.372 e. The second-order valence-electron chi connectivity index (χ2n) is 6.74. The minimum absolute atomic E-state index is 0.0655. The highest BCUT2D eigenvalue weighted by molar-refractivity contribution is 5.79. The van der Waals surface area contributed by atoms with Gasteiger partial charge in [-0.15, -0.1) is 0 Å². The molecule has 16 heavy (non-hydrogen) atoms. The van der Waals surface area contributed by atoms with E-state index in [0.717, 1.165) is 25.7 Å². The van der Waals surface area contributed by atoms with Crippen molar-refractivity contribution in [2.24, 2.45) is 11.3 Å². The third-order valence-corrected chi connectivity index (χ3v) is 4.36. The van der Waals surface area contributed by atoms with Crippen LogP contribution < -0.4 is 0 Å². The van der Waals surface area contributed by atoms with Crippen molar-refractivity contribution in [1.82, 2.24) is 0 Å². The molecule has 2 nitrogen and oxygen atoms in total. The van der Waals surface area contributed by atoms with Crippen LogP contribution in [-0.2, 0) is 9.53 Å². The summed E-state index contributed by atoms with van der Waals surface area (Å²) >= 11 is 0.